The van der Waals surface area contributed by atoms with Crippen molar-refractivity contribution in [2.45, 2.75) is 23.6 Å². The Hall–Kier alpha value is -1.26. The van der Waals surface area contributed by atoms with Crippen LogP contribution in [-0.2, 0) is 0 Å². The molecular weight excluding hydrogens is 260 g/mol. The molecule has 0 bridgehead atoms. The van der Waals surface area contributed by atoms with Gasteiger partial charge in [0.05, 0.1) is 0 Å². The minimum Gasteiger partial charge on any atom is -0.398 e. The molecule has 0 spiro atoms. The molecule has 0 amide bonds. The quantitative estimate of drug-likeness (QED) is 0.649. The predicted molar refractivity (Wildman–Crippen MR) is 82.9 cm³/mol. The lowest BCUT2D eigenvalue weighted by Crippen LogP contribution is -1.89. The van der Waals surface area contributed by atoms with Crippen LogP contribution in [-0.4, -0.2) is 0 Å². The van der Waals surface area contributed by atoms with Crippen molar-refractivity contribution < 1.29 is 0 Å². The first-order valence-corrected chi connectivity index (χ1v) is 7.78. The molecule has 0 saturated carbocycles. The molecule has 0 aliphatic rings. The summed E-state index contributed by atoms with van der Waals surface area (Å²) in [6.45, 7) is 4.02. The SMILES string of the molecule is Cc1ccc(SSc2ccc(C)c(N)c2)cc1N. The minimum atomic E-state index is 0.837. The van der Waals surface area contributed by atoms with E-state index in [-0.39, 0.29) is 0 Å². The molecule has 0 aliphatic heterocycles. The van der Waals surface area contributed by atoms with Crippen LogP contribution in [0.3, 0.4) is 0 Å². The molecule has 0 fully saturated rings. The van der Waals surface area contributed by atoms with Crippen LogP contribution in [0.2, 0.25) is 0 Å². The number of hydrogen-bond acceptors (Lipinski definition) is 4. The standard InChI is InChI=1S/C14H16N2S2/c1-9-3-5-11(7-13(9)15)17-18-12-6-4-10(2)14(16)8-12/h3-8H,15-16H2,1-2H3. The van der Waals surface area contributed by atoms with E-state index in [1.165, 1.54) is 0 Å². The van der Waals surface area contributed by atoms with E-state index in [4.69, 9.17) is 11.5 Å². The highest BCUT2D eigenvalue weighted by Gasteiger charge is 2.01. The van der Waals surface area contributed by atoms with E-state index in [9.17, 15) is 0 Å². The van der Waals surface area contributed by atoms with Crippen molar-refractivity contribution in [3.63, 3.8) is 0 Å². The summed E-state index contributed by atoms with van der Waals surface area (Å²) in [5.74, 6) is 0. The van der Waals surface area contributed by atoms with Crippen molar-refractivity contribution in [1.29, 1.82) is 0 Å². The smallest absolute Gasteiger partial charge is 0.0355 e. The Morgan fingerprint density at radius 3 is 1.44 bits per heavy atom. The van der Waals surface area contributed by atoms with Gasteiger partial charge in [-0.05, 0) is 49.2 Å². The highest BCUT2D eigenvalue weighted by atomic mass is 33.1. The van der Waals surface area contributed by atoms with E-state index in [2.05, 4.69) is 12.1 Å². The van der Waals surface area contributed by atoms with Crippen LogP contribution in [0.25, 0.3) is 0 Å². The summed E-state index contributed by atoms with van der Waals surface area (Å²) in [4.78, 5) is 2.31. The van der Waals surface area contributed by atoms with Crippen molar-refractivity contribution in [2.75, 3.05) is 11.5 Å². The summed E-state index contributed by atoms with van der Waals surface area (Å²) in [5.41, 5.74) is 15.7. The van der Waals surface area contributed by atoms with Gasteiger partial charge >= 0.3 is 0 Å². The number of rotatable bonds is 3. The Kier molecular flexibility index (Phi) is 4.09. The fourth-order valence-corrected chi connectivity index (χ4v) is 3.43. The first-order valence-electron chi connectivity index (χ1n) is 5.63. The first kappa shape index (κ1) is 13.2. The molecule has 18 heavy (non-hydrogen) atoms. The van der Waals surface area contributed by atoms with Crippen LogP contribution in [0.4, 0.5) is 11.4 Å². The van der Waals surface area contributed by atoms with Crippen LogP contribution in [0.1, 0.15) is 11.1 Å². The van der Waals surface area contributed by atoms with Gasteiger partial charge in [0, 0.05) is 21.2 Å². The Bertz CT molecular complexity index is 516. The maximum Gasteiger partial charge on any atom is 0.0355 e. The molecule has 2 aromatic carbocycles. The van der Waals surface area contributed by atoms with Crippen LogP contribution in [0.5, 0.6) is 0 Å². The minimum absolute atomic E-state index is 0.837. The monoisotopic (exact) mass is 276 g/mol. The molecule has 0 saturated heterocycles. The number of aryl methyl sites for hydroxylation is 2. The van der Waals surface area contributed by atoms with Crippen LogP contribution in [0, 0.1) is 13.8 Å². The Morgan fingerprint density at radius 2 is 1.11 bits per heavy atom. The van der Waals surface area contributed by atoms with Crippen molar-refractivity contribution in [3.05, 3.63) is 47.5 Å². The summed E-state index contributed by atoms with van der Waals surface area (Å²) < 4.78 is 0. The Balaban J connectivity index is 2.06. The summed E-state index contributed by atoms with van der Waals surface area (Å²) in [7, 11) is 3.38. The number of benzene rings is 2. The van der Waals surface area contributed by atoms with Gasteiger partial charge in [0.2, 0.25) is 0 Å². The Labute approximate surface area is 116 Å². The molecular formula is C14H16N2S2. The molecule has 2 aromatic rings. The molecule has 0 aromatic heterocycles. The second kappa shape index (κ2) is 5.59. The normalized spacial score (nSPS) is 10.6. The lowest BCUT2D eigenvalue weighted by atomic mass is 10.2. The molecule has 0 atom stereocenters. The lowest BCUT2D eigenvalue weighted by molar-refractivity contribution is 1.38. The van der Waals surface area contributed by atoms with Gasteiger partial charge in [-0.2, -0.15) is 0 Å². The summed E-state index contributed by atoms with van der Waals surface area (Å²) in [6, 6.07) is 12.3. The zero-order valence-electron chi connectivity index (χ0n) is 10.4. The predicted octanol–water partition coefficient (Wildman–Crippen LogP) is 4.27. The van der Waals surface area contributed by atoms with Gasteiger partial charge in [0.15, 0.2) is 0 Å². The molecule has 0 heterocycles. The highest BCUT2D eigenvalue weighted by molar-refractivity contribution is 8.76. The van der Waals surface area contributed by atoms with Crippen molar-refractivity contribution in [3.8, 4) is 0 Å². The molecule has 94 valence electrons. The van der Waals surface area contributed by atoms with Crippen LogP contribution >= 0.6 is 21.6 Å². The van der Waals surface area contributed by atoms with Gasteiger partial charge in [-0.25, -0.2) is 0 Å². The largest absolute Gasteiger partial charge is 0.398 e. The first-order chi connectivity index (χ1) is 8.56. The third-order valence-electron chi connectivity index (χ3n) is 2.74. The van der Waals surface area contributed by atoms with E-state index < -0.39 is 0 Å². The molecule has 2 rings (SSSR count). The fourth-order valence-electron chi connectivity index (χ4n) is 1.44. The maximum absolute atomic E-state index is 5.89. The molecule has 0 radical (unpaired) electrons. The maximum atomic E-state index is 5.89. The van der Waals surface area contributed by atoms with E-state index in [1.54, 1.807) is 21.6 Å². The third-order valence-corrected chi connectivity index (χ3v) is 5.12. The van der Waals surface area contributed by atoms with Crippen molar-refractivity contribution in [1.82, 2.24) is 0 Å². The average molecular weight is 276 g/mol. The van der Waals surface area contributed by atoms with Crippen LogP contribution in [0.15, 0.2) is 46.2 Å². The van der Waals surface area contributed by atoms with Gasteiger partial charge in [-0.15, -0.1) is 0 Å². The number of anilines is 2. The number of hydrogen-bond donors (Lipinski definition) is 2. The molecule has 4 N–H and O–H groups in total. The van der Waals surface area contributed by atoms with E-state index in [0.717, 1.165) is 32.3 Å². The topological polar surface area (TPSA) is 52.0 Å². The zero-order valence-corrected chi connectivity index (χ0v) is 12.1. The lowest BCUT2D eigenvalue weighted by Gasteiger charge is -2.06. The summed E-state index contributed by atoms with van der Waals surface area (Å²) in [5, 5.41) is 0. The van der Waals surface area contributed by atoms with Gasteiger partial charge in [0.25, 0.3) is 0 Å². The van der Waals surface area contributed by atoms with E-state index in [0.29, 0.717) is 0 Å². The van der Waals surface area contributed by atoms with Crippen LogP contribution < -0.4 is 11.5 Å². The fraction of sp³-hybridized carbons (Fsp3) is 0.143. The number of nitrogens with two attached hydrogens (primary N) is 2. The Morgan fingerprint density at radius 1 is 0.722 bits per heavy atom. The molecule has 0 aliphatic carbocycles. The molecule has 4 heteroatoms. The van der Waals surface area contributed by atoms with E-state index in [1.807, 2.05) is 38.1 Å². The number of nitrogen functional groups attached to an aromatic ring is 2. The van der Waals surface area contributed by atoms with Crippen molar-refractivity contribution in [2.24, 2.45) is 0 Å². The van der Waals surface area contributed by atoms with Gasteiger partial charge in [-0.3, -0.25) is 0 Å². The molecule has 0 unspecified atom stereocenters. The van der Waals surface area contributed by atoms with E-state index >= 15 is 0 Å². The molecule has 2 nitrogen and oxygen atoms in total. The van der Waals surface area contributed by atoms with Crippen molar-refractivity contribution >= 4 is 33.0 Å². The highest BCUT2D eigenvalue weighted by Crippen LogP contribution is 2.39. The van der Waals surface area contributed by atoms with Gasteiger partial charge < -0.3 is 11.5 Å². The second-order valence-corrected chi connectivity index (χ2v) is 6.48. The van der Waals surface area contributed by atoms with Gasteiger partial charge in [0.1, 0.15) is 0 Å². The average Bonchev–Trinajstić information content (AvgIpc) is 2.35. The van der Waals surface area contributed by atoms with Gasteiger partial charge in [-0.1, -0.05) is 33.7 Å². The zero-order chi connectivity index (χ0) is 13.1. The summed E-state index contributed by atoms with van der Waals surface area (Å²) in [6.07, 6.45) is 0. The summed E-state index contributed by atoms with van der Waals surface area (Å²) >= 11 is 0. The third kappa shape index (κ3) is 3.15. The second-order valence-electron chi connectivity index (χ2n) is 4.20.